The molecule has 0 bridgehead atoms. The van der Waals surface area contributed by atoms with Gasteiger partial charge in [-0.3, -0.25) is 0 Å². The van der Waals surface area contributed by atoms with Gasteiger partial charge in [-0.05, 0) is 46.8 Å². The Morgan fingerprint density at radius 3 is 3.00 bits per heavy atom. The molecule has 1 aliphatic carbocycles. The first-order valence-electron chi connectivity index (χ1n) is 5.46. The fraction of sp³-hybridized carbons (Fsp3) is 0.364. The van der Waals surface area contributed by atoms with Crippen molar-refractivity contribution in [2.45, 2.75) is 18.9 Å². The van der Waals surface area contributed by atoms with Crippen molar-refractivity contribution in [2.24, 2.45) is 11.7 Å². The molecule has 2 aromatic rings. The average Bonchev–Trinajstić information content (AvgIpc) is 3.07. The zero-order valence-corrected chi connectivity index (χ0v) is 10.6. The Morgan fingerprint density at radius 2 is 2.29 bits per heavy atom. The number of rotatable bonds is 3. The zero-order chi connectivity index (χ0) is 11.8. The lowest BCUT2D eigenvalue weighted by Crippen LogP contribution is -2.13. The fourth-order valence-electron chi connectivity index (χ4n) is 1.68. The van der Waals surface area contributed by atoms with E-state index in [2.05, 4.69) is 31.1 Å². The first-order valence-corrected chi connectivity index (χ1v) is 6.25. The summed E-state index contributed by atoms with van der Waals surface area (Å²) in [4.78, 5) is 8.50. The van der Waals surface area contributed by atoms with Gasteiger partial charge < -0.3 is 10.3 Å². The largest absolute Gasteiger partial charge is 0.332 e. The minimum Gasteiger partial charge on any atom is -0.332 e. The Labute approximate surface area is 107 Å². The van der Waals surface area contributed by atoms with Crippen molar-refractivity contribution in [3.63, 3.8) is 0 Å². The summed E-state index contributed by atoms with van der Waals surface area (Å²) in [5.41, 5.74) is 6.66. The molecule has 1 fully saturated rings. The van der Waals surface area contributed by atoms with E-state index in [0.717, 1.165) is 17.3 Å². The Morgan fingerprint density at radius 1 is 1.47 bits per heavy atom. The molecule has 2 heterocycles. The number of nitrogens with two attached hydrogens (primary N) is 1. The van der Waals surface area contributed by atoms with Gasteiger partial charge in [0.25, 0.3) is 5.89 Å². The van der Waals surface area contributed by atoms with Crippen LogP contribution in [0.5, 0.6) is 0 Å². The Kier molecular flexibility index (Phi) is 2.68. The third-order valence-electron chi connectivity index (χ3n) is 2.83. The van der Waals surface area contributed by atoms with E-state index < -0.39 is 0 Å². The molecule has 88 valence electrons. The Bertz CT molecular complexity index is 538. The van der Waals surface area contributed by atoms with E-state index in [1.807, 2.05) is 12.1 Å². The van der Waals surface area contributed by atoms with Gasteiger partial charge in [-0.1, -0.05) is 5.16 Å². The molecule has 1 saturated carbocycles. The van der Waals surface area contributed by atoms with E-state index in [-0.39, 0.29) is 6.04 Å². The van der Waals surface area contributed by atoms with Crippen molar-refractivity contribution < 1.29 is 4.52 Å². The molecule has 6 heteroatoms. The first-order chi connectivity index (χ1) is 8.25. The number of halogens is 1. The molecule has 1 atom stereocenters. The summed E-state index contributed by atoms with van der Waals surface area (Å²) in [5, 5.41) is 3.92. The van der Waals surface area contributed by atoms with Crippen LogP contribution in [-0.2, 0) is 0 Å². The minimum atomic E-state index is -0.116. The van der Waals surface area contributed by atoms with Crippen LogP contribution in [-0.4, -0.2) is 15.1 Å². The van der Waals surface area contributed by atoms with Gasteiger partial charge >= 0.3 is 0 Å². The van der Waals surface area contributed by atoms with Crippen molar-refractivity contribution in [2.75, 3.05) is 0 Å². The predicted molar refractivity (Wildman–Crippen MR) is 64.9 cm³/mol. The second kappa shape index (κ2) is 4.19. The summed E-state index contributed by atoms with van der Waals surface area (Å²) in [6, 6.07) is 3.60. The van der Waals surface area contributed by atoms with E-state index in [1.54, 1.807) is 6.20 Å². The Balaban J connectivity index is 1.92. The molecule has 17 heavy (non-hydrogen) atoms. The number of pyridine rings is 1. The summed E-state index contributed by atoms with van der Waals surface area (Å²) in [5.74, 6) is 1.48. The number of aromatic nitrogens is 3. The van der Waals surface area contributed by atoms with Crippen LogP contribution >= 0.6 is 15.9 Å². The van der Waals surface area contributed by atoms with Gasteiger partial charge in [-0.25, -0.2) is 4.98 Å². The van der Waals surface area contributed by atoms with Crippen molar-refractivity contribution in [1.29, 1.82) is 0 Å². The number of hydrogen-bond acceptors (Lipinski definition) is 5. The van der Waals surface area contributed by atoms with E-state index in [1.165, 1.54) is 0 Å². The maximum absolute atomic E-state index is 6.01. The van der Waals surface area contributed by atoms with Crippen LogP contribution < -0.4 is 5.73 Å². The summed E-state index contributed by atoms with van der Waals surface area (Å²) >= 11 is 3.40. The SMILES string of the molecule is NC(c1noc(-c2ncccc2Br)n1)C1CC1. The monoisotopic (exact) mass is 294 g/mol. The van der Waals surface area contributed by atoms with Gasteiger partial charge in [0, 0.05) is 10.7 Å². The summed E-state index contributed by atoms with van der Waals surface area (Å²) < 4.78 is 6.03. The predicted octanol–water partition coefficient (Wildman–Crippen LogP) is 2.30. The van der Waals surface area contributed by atoms with Gasteiger partial charge in [-0.15, -0.1) is 0 Å². The molecule has 0 aliphatic heterocycles. The summed E-state index contributed by atoms with van der Waals surface area (Å²) in [7, 11) is 0. The van der Waals surface area contributed by atoms with Crippen molar-refractivity contribution in [3.05, 3.63) is 28.6 Å². The molecule has 5 nitrogen and oxygen atoms in total. The first kappa shape index (κ1) is 10.9. The molecular weight excluding hydrogens is 284 g/mol. The van der Waals surface area contributed by atoms with Crippen LogP contribution in [0, 0.1) is 5.92 Å². The molecule has 0 aromatic carbocycles. The van der Waals surface area contributed by atoms with Gasteiger partial charge in [0.05, 0.1) is 6.04 Å². The van der Waals surface area contributed by atoms with Crippen molar-refractivity contribution in [3.8, 4) is 11.6 Å². The highest BCUT2D eigenvalue weighted by atomic mass is 79.9. The highest BCUT2D eigenvalue weighted by Crippen LogP contribution is 2.38. The van der Waals surface area contributed by atoms with Crippen LogP contribution in [0.4, 0.5) is 0 Å². The topological polar surface area (TPSA) is 77.8 Å². The normalized spacial score (nSPS) is 17.1. The summed E-state index contributed by atoms with van der Waals surface area (Å²) in [6.07, 6.45) is 3.99. The zero-order valence-electron chi connectivity index (χ0n) is 9.01. The standard InChI is InChI=1S/C11H11BrN4O/c12-7-2-1-5-14-9(7)11-15-10(16-17-11)8(13)6-3-4-6/h1-2,5-6,8H,3-4,13H2. The van der Waals surface area contributed by atoms with Crippen LogP contribution in [0.1, 0.15) is 24.7 Å². The van der Waals surface area contributed by atoms with Crippen LogP contribution in [0.25, 0.3) is 11.6 Å². The van der Waals surface area contributed by atoms with Gasteiger partial charge in [-0.2, -0.15) is 4.98 Å². The third-order valence-corrected chi connectivity index (χ3v) is 3.47. The lowest BCUT2D eigenvalue weighted by atomic mass is 10.2. The van der Waals surface area contributed by atoms with Gasteiger partial charge in [0.1, 0.15) is 5.69 Å². The van der Waals surface area contributed by atoms with E-state index in [9.17, 15) is 0 Å². The van der Waals surface area contributed by atoms with Gasteiger partial charge in [0.2, 0.25) is 0 Å². The molecule has 1 aliphatic rings. The number of nitrogens with zero attached hydrogens (tertiary/aromatic N) is 3. The van der Waals surface area contributed by atoms with E-state index in [4.69, 9.17) is 10.3 Å². The fourth-order valence-corrected chi connectivity index (χ4v) is 2.10. The lowest BCUT2D eigenvalue weighted by Gasteiger charge is -2.01. The highest BCUT2D eigenvalue weighted by molar-refractivity contribution is 9.10. The van der Waals surface area contributed by atoms with Gasteiger partial charge in [0.15, 0.2) is 5.82 Å². The average molecular weight is 295 g/mol. The lowest BCUT2D eigenvalue weighted by molar-refractivity contribution is 0.410. The number of hydrogen-bond donors (Lipinski definition) is 1. The van der Waals surface area contributed by atoms with E-state index in [0.29, 0.717) is 23.3 Å². The highest BCUT2D eigenvalue weighted by Gasteiger charge is 2.32. The maximum Gasteiger partial charge on any atom is 0.277 e. The molecule has 0 radical (unpaired) electrons. The molecule has 0 amide bonds. The molecule has 0 saturated heterocycles. The van der Waals surface area contributed by atoms with Crippen LogP contribution in [0.15, 0.2) is 27.3 Å². The molecular formula is C11H11BrN4O. The van der Waals surface area contributed by atoms with E-state index >= 15 is 0 Å². The van der Waals surface area contributed by atoms with Crippen molar-refractivity contribution in [1.82, 2.24) is 15.1 Å². The molecule has 2 N–H and O–H groups in total. The van der Waals surface area contributed by atoms with Crippen LogP contribution in [0.2, 0.25) is 0 Å². The summed E-state index contributed by atoms with van der Waals surface area (Å²) in [6.45, 7) is 0. The second-order valence-corrected chi connectivity index (χ2v) is 5.01. The minimum absolute atomic E-state index is 0.116. The molecule has 3 rings (SSSR count). The maximum atomic E-state index is 6.01. The Hall–Kier alpha value is -1.27. The molecule has 2 aromatic heterocycles. The van der Waals surface area contributed by atoms with Crippen molar-refractivity contribution >= 4 is 15.9 Å². The van der Waals surface area contributed by atoms with Crippen LogP contribution in [0.3, 0.4) is 0 Å². The smallest absolute Gasteiger partial charge is 0.277 e. The third kappa shape index (κ3) is 2.10. The molecule has 1 unspecified atom stereocenters. The second-order valence-electron chi connectivity index (χ2n) is 4.15. The molecule has 0 spiro atoms. The quantitative estimate of drug-likeness (QED) is 0.940.